The predicted molar refractivity (Wildman–Crippen MR) is 94.3 cm³/mol. The normalized spacial score (nSPS) is 12.3. The third-order valence-electron chi connectivity index (χ3n) is 3.11. The number of amides is 1. The molecule has 0 aliphatic heterocycles. The monoisotopic (exact) mass is 335 g/mol. The number of nitrogens with one attached hydrogen (secondary N) is 1. The van der Waals surface area contributed by atoms with Crippen LogP contribution in [0.25, 0.3) is 11.1 Å². The van der Waals surface area contributed by atoms with E-state index in [2.05, 4.69) is 16.8 Å². The van der Waals surface area contributed by atoms with E-state index in [0.717, 1.165) is 11.1 Å². The summed E-state index contributed by atoms with van der Waals surface area (Å²) in [5, 5.41) is 6.94. The molecule has 1 N–H and O–H groups in total. The van der Waals surface area contributed by atoms with Gasteiger partial charge in [-0.2, -0.15) is 11.3 Å². The van der Waals surface area contributed by atoms with Crippen LogP contribution in [0.3, 0.4) is 0 Å². The van der Waals surface area contributed by atoms with Crippen LogP contribution in [0.2, 0.25) is 0 Å². The molecule has 2 aromatic rings. The second-order valence-electron chi connectivity index (χ2n) is 5.64. The summed E-state index contributed by atoms with van der Waals surface area (Å²) in [6, 6.07) is 10.1. The molecule has 1 amide bonds. The Labute approximate surface area is 138 Å². The Balaban J connectivity index is 1.92. The predicted octanol–water partition coefficient (Wildman–Crippen LogP) is 3.44. The van der Waals surface area contributed by atoms with Gasteiger partial charge in [0, 0.05) is 23.1 Å². The molecule has 2 rings (SSSR count). The van der Waals surface area contributed by atoms with Crippen molar-refractivity contribution in [3.63, 3.8) is 0 Å². The number of benzene rings is 1. The van der Waals surface area contributed by atoms with Crippen molar-refractivity contribution in [2.24, 2.45) is 5.92 Å². The number of rotatable bonds is 7. The lowest BCUT2D eigenvalue weighted by Crippen LogP contribution is -2.31. The third kappa shape index (κ3) is 5.39. The molecule has 0 saturated heterocycles. The summed E-state index contributed by atoms with van der Waals surface area (Å²) in [4.78, 5) is 11.7. The number of hydrogen-bond donors (Lipinski definition) is 1. The lowest BCUT2D eigenvalue weighted by atomic mass is 10.1. The van der Waals surface area contributed by atoms with E-state index < -0.39 is 10.8 Å². The van der Waals surface area contributed by atoms with E-state index in [4.69, 9.17) is 0 Å². The van der Waals surface area contributed by atoms with Crippen LogP contribution >= 0.6 is 11.3 Å². The third-order valence-corrected chi connectivity index (χ3v) is 5.03. The van der Waals surface area contributed by atoms with Crippen LogP contribution in [-0.2, 0) is 21.3 Å². The molecule has 22 heavy (non-hydrogen) atoms. The van der Waals surface area contributed by atoms with Crippen LogP contribution in [0.1, 0.15) is 19.4 Å². The van der Waals surface area contributed by atoms with Crippen molar-refractivity contribution >= 4 is 28.0 Å². The van der Waals surface area contributed by atoms with Crippen molar-refractivity contribution in [2.75, 3.05) is 12.3 Å². The molecule has 0 spiro atoms. The Hall–Kier alpha value is -1.46. The molecule has 0 aliphatic rings. The van der Waals surface area contributed by atoms with Crippen molar-refractivity contribution in [3.8, 4) is 11.1 Å². The van der Waals surface area contributed by atoms with Gasteiger partial charge in [0.25, 0.3) is 0 Å². The Bertz CT molecular complexity index is 636. The first-order valence-corrected chi connectivity index (χ1v) is 9.71. The fraction of sp³-hybridized carbons (Fsp3) is 0.353. The maximum atomic E-state index is 12.1. The van der Waals surface area contributed by atoms with Gasteiger partial charge >= 0.3 is 0 Å². The fourth-order valence-corrected chi connectivity index (χ4v) is 3.73. The maximum absolute atomic E-state index is 12.1. The molecule has 1 unspecified atom stereocenters. The van der Waals surface area contributed by atoms with E-state index in [1.165, 1.54) is 5.56 Å². The second-order valence-corrected chi connectivity index (χ2v) is 7.88. The average molecular weight is 335 g/mol. The highest BCUT2D eigenvalue weighted by molar-refractivity contribution is 7.84. The molecule has 1 heterocycles. The summed E-state index contributed by atoms with van der Waals surface area (Å²) >= 11 is 1.66. The highest BCUT2D eigenvalue weighted by Gasteiger charge is 2.10. The van der Waals surface area contributed by atoms with Crippen LogP contribution in [0.15, 0.2) is 41.1 Å². The smallest absolute Gasteiger partial charge is 0.232 e. The van der Waals surface area contributed by atoms with Gasteiger partial charge in [-0.15, -0.1) is 0 Å². The van der Waals surface area contributed by atoms with Gasteiger partial charge in [-0.25, -0.2) is 0 Å². The standard InChI is InChI=1S/C17H21NO2S2/c1-13(2)9-18-17(19)12-22(20)11-14-4-3-5-15(8-14)16-6-7-21-10-16/h3-8,10,13H,9,11-12H2,1-2H3,(H,18,19). The van der Waals surface area contributed by atoms with Crippen molar-refractivity contribution in [2.45, 2.75) is 19.6 Å². The lowest BCUT2D eigenvalue weighted by Gasteiger charge is -2.08. The molecule has 0 saturated carbocycles. The van der Waals surface area contributed by atoms with E-state index in [1.807, 2.05) is 43.5 Å². The molecular formula is C17H21NO2S2. The lowest BCUT2D eigenvalue weighted by molar-refractivity contribution is -0.118. The molecule has 5 heteroatoms. The molecule has 0 bridgehead atoms. The number of thiophene rings is 1. The summed E-state index contributed by atoms with van der Waals surface area (Å²) in [6.07, 6.45) is 0. The fourth-order valence-electron chi connectivity index (χ4n) is 2.02. The molecule has 0 fully saturated rings. The van der Waals surface area contributed by atoms with Gasteiger partial charge < -0.3 is 5.32 Å². The molecule has 0 aliphatic carbocycles. The van der Waals surface area contributed by atoms with E-state index in [0.29, 0.717) is 18.2 Å². The van der Waals surface area contributed by atoms with Crippen LogP contribution in [0.5, 0.6) is 0 Å². The quantitative estimate of drug-likeness (QED) is 0.842. The number of carbonyl (C=O) groups is 1. The Kier molecular flexibility index (Phi) is 6.34. The summed E-state index contributed by atoms with van der Waals surface area (Å²) < 4.78 is 12.1. The highest BCUT2D eigenvalue weighted by Crippen LogP contribution is 2.23. The van der Waals surface area contributed by atoms with Gasteiger partial charge in [-0.3, -0.25) is 9.00 Å². The SMILES string of the molecule is CC(C)CNC(=O)CS(=O)Cc1cccc(-c2ccsc2)c1. The van der Waals surface area contributed by atoms with Gasteiger partial charge in [0.2, 0.25) is 5.91 Å². The summed E-state index contributed by atoms with van der Waals surface area (Å²) in [7, 11) is -1.18. The van der Waals surface area contributed by atoms with Crippen LogP contribution in [0, 0.1) is 5.92 Å². The van der Waals surface area contributed by atoms with Gasteiger partial charge in [0.15, 0.2) is 0 Å². The van der Waals surface area contributed by atoms with Gasteiger partial charge in [-0.05, 0) is 39.4 Å². The summed E-state index contributed by atoms with van der Waals surface area (Å²) in [6.45, 7) is 4.70. The molecule has 1 aromatic carbocycles. The van der Waals surface area contributed by atoms with Crippen molar-refractivity contribution in [3.05, 3.63) is 46.7 Å². The van der Waals surface area contributed by atoms with Crippen molar-refractivity contribution < 1.29 is 9.00 Å². The minimum Gasteiger partial charge on any atom is -0.355 e. The first-order chi connectivity index (χ1) is 10.5. The zero-order chi connectivity index (χ0) is 15.9. The van der Waals surface area contributed by atoms with E-state index in [9.17, 15) is 9.00 Å². The van der Waals surface area contributed by atoms with E-state index >= 15 is 0 Å². The topological polar surface area (TPSA) is 46.2 Å². The zero-order valence-electron chi connectivity index (χ0n) is 12.9. The van der Waals surface area contributed by atoms with E-state index in [1.54, 1.807) is 11.3 Å². The minimum absolute atomic E-state index is 0.0649. The number of hydrogen-bond acceptors (Lipinski definition) is 3. The van der Waals surface area contributed by atoms with Crippen LogP contribution in [-0.4, -0.2) is 22.4 Å². The van der Waals surface area contributed by atoms with Crippen LogP contribution in [0.4, 0.5) is 0 Å². The highest BCUT2D eigenvalue weighted by atomic mass is 32.2. The van der Waals surface area contributed by atoms with Crippen molar-refractivity contribution in [1.82, 2.24) is 5.32 Å². The molecule has 1 aromatic heterocycles. The first kappa shape index (κ1) is 16.9. The zero-order valence-corrected chi connectivity index (χ0v) is 14.5. The van der Waals surface area contributed by atoms with Gasteiger partial charge in [0.1, 0.15) is 5.75 Å². The molecule has 0 radical (unpaired) electrons. The Morgan fingerprint density at radius 2 is 2.09 bits per heavy atom. The second kappa shape index (κ2) is 8.25. The van der Waals surface area contributed by atoms with Gasteiger partial charge in [-0.1, -0.05) is 38.1 Å². The average Bonchev–Trinajstić information content (AvgIpc) is 2.99. The minimum atomic E-state index is -1.18. The molecular weight excluding hydrogens is 314 g/mol. The Morgan fingerprint density at radius 3 is 2.77 bits per heavy atom. The Morgan fingerprint density at radius 1 is 1.27 bits per heavy atom. The maximum Gasteiger partial charge on any atom is 0.232 e. The molecule has 118 valence electrons. The van der Waals surface area contributed by atoms with E-state index in [-0.39, 0.29) is 11.7 Å². The molecule has 3 nitrogen and oxygen atoms in total. The first-order valence-electron chi connectivity index (χ1n) is 7.28. The van der Waals surface area contributed by atoms with Crippen molar-refractivity contribution in [1.29, 1.82) is 0 Å². The summed E-state index contributed by atoms with van der Waals surface area (Å²) in [5.41, 5.74) is 3.30. The van der Waals surface area contributed by atoms with Crippen LogP contribution < -0.4 is 5.32 Å². The largest absolute Gasteiger partial charge is 0.355 e. The number of carbonyl (C=O) groups excluding carboxylic acids is 1. The van der Waals surface area contributed by atoms with Gasteiger partial charge in [0.05, 0.1) is 0 Å². The summed E-state index contributed by atoms with van der Waals surface area (Å²) in [5.74, 6) is 0.739. The molecule has 1 atom stereocenters.